The maximum atomic E-state index is 13.4. The van der Waals surface area contributed by atoms with Gasteiger partial charge in [-0.05, 0) is 61.4 Å². The average molecular weight is 454 g/mol. The van der Waals surface area contributed by atoms with Crippen molar-refractivity contribution in [2.45, 2.75) is 20.4 Å². The van der Waals surface area contributed by atoms with Gasteiger partial charge in [0.2, 0.25) is 0 Å². The highest BCUT2D eigenvalue weighted by molar-refractivity contribution is 6.30. The predicted molar refractivity (Wildman–Crippen MR) is 121 cm³/mol. The number of ether oxygens (including phenoxy) is 1. The van der Waals surface area contributed by atoms with Crippen molar-refractivity contribution in [3.63, 3.8) is 0 Å². The molecule has 0 bridgehead atoms. The zero-order chi connectivity index (χ0) is 23.4. The number of pyridine rings is 1. The van der Waals surface area contributed by atoms with E-state index in [1.54, 1.807) is 74.3 Å². The minimum absolute atomic E-state index is 0.157. The van der Waals surface area contributed by atoms with Crippen LogP contribution >= 0.6 is 11.6 Å². The molecular formula is C24H24ClN3O4. The standard InChI is InChI=1S/C24H24ClN3O4/c1-15-21(16(2)27(3)22(15)24(31)32-4)20(29)14-28(13-17-9-11-26-12-10-17)23(30)18-5-7-19(25)8-6-18/h5-12H,13-14H2,1-4H3. The van der Waals surface area contributed by atoms with Crippen LogP contribution < -0.4 is 0 Å². The van der Waals surface area contributed by atoms with Gasteiger partial charge in [0.1, 0.15) is 5.69 Å². The number of aromatic nitrogens is 2. The van der Waals surface area contributed by atoms with Crippen molar-refractivity contribution in [2.24, 2.45) is 7.05 Å². The number of benzene rings is 1. The first-order valence-electron chi connectivity index (χ1n) is 9.95. The van der Waals surface area contributed by atoms with Gasteiger partial charge in [0.05, 0.1) is 13.7 Å². The molecule has 0 N–H and O–H groups in total. The summed E-state index contributed by atoms with van der Waals surface area (Å²) in [5.74, 6) is -1.08. The summed E-state index contributed by atoms with van der Waals surface area (Å²) in [6.07, 6.45) is 3.27. The van der Waals surface area contributed by atoms with Gasteiger partial charge in [-0.3, -0.25) is 14.6 Å². The maximum Gasteiger partial charge on any atom is 0.354 e. The second-order valence-electron chi connectivity index (χ2n) is 7.43. The lowest BCUT2D eigenvalue weighted by Gasteiger charge is -2.22. The van der Waals surface area contributed by atoms with Crippen LogP contribution in [0, 0.1) is 13.8 Å². The Morgan fingerprint density at radius 2 is 1.69 bits per heavy atom. The van der Waals surface area contributed by atoms with E-state index < -0.39 is 5.97 Å². The van der Waals surface area contributed by atoms with E-state index >= 15 is 0 Å². The first-order chi connectivity index (χ1) is 15.2. The monoisotopic (exact) mass is 453 g/mol. The van der Waals surface area contributed by atoms with E-state index in [2.05, 4.69) is 4.98 Å². The largest absolute Gasteiger partial charge is 0.464 e. The molecule has 2 heterocycles. The SMILES string of the molecule is COC(=O)c1c(C)c(C(=O)CN(Cc2ccncc2)C(=O)c2ccc(Cl)cc2)c(C)n1C. The number of hydrogen-bond donors (Lipinski definition) is 0. The van der Waals surface area contributed by atoms with Crippen molar-refractivity contribution in [2.75, 3.05) is 13.7 Å². The number of carbonyl (C=O) groups is 3. The van der Waals surface area contributed by atoms with Crippen LogP contribution in [0.4, 0.5) is 0 Å². The van der Waals surface area contributed by atoms with Crippen LogP contribution in [0.15, 0.2) is 48.8 Å². The Bertz CT molecular complexity index is 1150. The van der Waals surface area contributed by atoms with Crippen LogP contribution in [0.25, 0.3) is 0 Å². The van der Waals surface area contributed by atoms with Crippen LogP contribution in [0.2, 0.25) is 5.02 Å². The molecule has 0 aliphatic carbocycles. The number of halogens is 1. The molecule has 0 aliphatic rings. The Labute approximate surface area is 191 Å². The first-order valence-corrected chi connectivity index (χ1v) is 10.3. The van der Waals surface area contributed by atoms with Gasteiger partial charge in [-0.1, -0.05) is 11.6 Å². The summed E-state index contributed by atoms with van der Waals surface area (Å²) >= 11 is 5.95. The summed E-state index contributed by atoms with van der Waals surface area (Å²) < 4.78 is 6.50. The summed E-state index contributed by atoms with van der Waals surface area (Å²) in [6.45, 7) is 3.54. The second kappa shape index (κ2) is 9.78. The van der Waals surface area contributed by atoms with Gasteiger partial charge in [-0.25, -0.2) is 4.79 Å². The van der Waals surface area contributed by atoms with Crippen molar-refractivity contribution in [1.29, 1.82) is 0 Å². The van der Waals surface area contributed by atoms with Gasteiger partial charge >= 0.3 is 5.97 Å². The molecule has 3 aromatic rings. The van der Waals surface area contributed by atoms with Crippen LogP contribution in [0.3, 0.4) is 0 Å². The lowest BCUT2D eigenvalue weighted by molar-refractivity contribution is 0.0588. The molecule has 0 atom stereocenters. The number of rotatable bonds is 7. The van der Waals surface area contributed by atoms with Crippen molar-refractivity contribution in [3.05, 3.63) is 87.5 Å². The van der Waals surface area contributed by atoms with E-state index in [4.69, 9.17) is 16.3 Å². The number of Topliss-reactive ketones (excluding diaryl/α,β-unsaturated/α-hetero) is 1. The topological polar surface area (TPSA) is 81.5 Å². The van der Waals surface area contributed by atoms with E-state index in [-0.39, 0.29) is 24.8 Å². The van der Waals surface area contributed by atoms with Gasteiger partial charge in [-0.15, -0.1) is 0 Å². The van der Waals surface area contributed by atoms with E-state index in [0.29, 0.717) is 33.1 Å². The van der Waals surface area contributed by atoms with Crippen molar-refractivity contribution in [3.8, 4) is 0 Å². The molecule has 3 rings (SSSR count). The first kappa shape index (κ1) is 23.2. The maximum absolute atomic E-state index is 13.4. The van der Waals surface area contributed by atoms with Gasteiger partial charge in [-0.2, -0.15) is 0 Å². The number of esters is 1. The smallest absolute Gasteiger partial charge is 0.354 e. The molecule has 0 aliphatic heterocycles. The fraction of sp³-hybridized carbons (Fsp3) is 0.250. The molecular weight excluding hydrogens is 430 g/mol. The Kier molecular flexibility index (Phi) is 7.10. The zero-order valence-electron chi connectivity index (χ0n) is 18.4. The van der Waals surface area contributed by atoms with Crippen molar-refractivity contribution < 1.29 is 19.1 Å². The Morgan fingerprint density at radius 1 is 1.06 bits per heavy atom. The van der Waals surface area contributed by atoms with Crippen LogP contribution in [-0.2, 0) is 18.3 Å². The van der Waals surface area contributed by atoms with E-state index in [1.165, 1.54) is 12.0 Å². The fourth-order valence-electron chi connectivity index (χ4n) is 3.71. The van der Waals surface area contributed by atoms with Crippen LogP contribution in [0.5, 0.6) is 0 Å². The Morgan fingerprint density at radius 3 is 2.28 bits per heavy atom. The van der Waals surface area contributed by atoms with Crippen molar-refractivity contribution in [1.82, 2.24) is 14.5 Å². The Balaban J connectivity index is 1.96. The summed E-state index contributed by atoms with van der Waals surface area (Å²) in [7, 11) is 3.01. The van der Waals surface area contributed by atoms with Gasteiger partial charge in [0.15, 0.2) is 5.78 Å². The molecule has 0 unspecified atom stereocenters. The molecule has 32 heavy (non-hydrogen) atoms. The summed E-state index contributed by atoms with van der Waals surface area (Å²) in [6, 6.07) is 10.1. The molecule has 166 valence electrons. The summed E-state index contributed by atoms with van der Waals surface area (Å²) in [4.78, 5) is 44.3. The molecule has 8 heteroatoms. The van der Waals surface area contributed by atoms with Gasteiger partial charge < -0.3 is 14.2 Å². The molecule has 2 aromatic heterocycles. The number of ketones is 1. The van der Waals surface area contributed by atoms with Crippen LogP contribution in [0.1, 0.15) is 48.0 Å². The third-order valence-corrected chi connectivity index (χ3v) is 5.68. The minimum atomic E-state index is -0.516. The van der Waals surface area contributed by atoms with E-state index in [0.717, 1.165) is 5.56 Å². The lowest BCUT2D eigenvalue weighted by atomic mass is 10.0. The average Bonchev–Trinajstić information content (AvgIpc) is 3.01. The normalized spacial score (nSPS) is 10.7. The molecule has 0 radical (unpaired) electrons. The number of carbonyl (C=O) groups excluding carboxylic acids is 3. The fourth-order valence-corrected chi connectivity index (χ4v) is 3.84. The summed E-state index contributed by atoms with van der Waals surface area (Å²) in [5.41, 5.74) is 3.16. The van der Waals surface area contributed by atoms with Gasteiger partial charge in [0, 0.05) is 47.8 Å². The molecule has 0 saturated heterocycles. The molecule has 0 fully saturated rings. The van der Waals surface area contributed by atoms with Crippen LogP contribution in [-0.4, -0.2) is 45.8 Å². The van der Waals surface area contributed by atoms with Crippen molar-refractivity contribution >= 4 is 29.3 Å². The number of amides is 1. The lowest BCUT2D eigenvalue weighted by Crippen LogP contribution is -2.35. The third-order valence-electron chi connectivity index (χ3n) is 5.42. The highest BCUT2D eigenvalue weighted by Crippen LogP contribution is 2.23. The minimum Gasteiger partial charge on any atom is -0.464 e. The van der Waals surface area contributed by atoms with E-state index in [1.807, 2.05) is 0 Å². The molecule has 7 nitrogen and oxygen atoms in total. The quantitative estimate of drug-likeness (QED) is 0.399. The number of hydrogen-bond acceptors (Lipinski definition) is 5. The second-order valence-corrected chi connectivity index (χ2v) is 7.87. The number of nitrogens with zero attached hydrogens (tertiary/aromatic N) is 3. The molecule has 0 saturated carbocycles. The Hall–Kier alpha value is -3.45. The zero-order valence-corrected chi connectivity index (χ0v) is 19.1. The highest BCUT2D eigenvalue weighted by atomic mass is 35.5. The predicted octanol–water partition coefficient (Wildman–Crippen LogP) is 4.00. The molecule has 1 amide bonds. The molecule has 1 aromatic carbocycles. The third kappa shape index (κ3) is 4.73. The van der Waals surface area contributed by atoms with Gasteiger partial charge in [0.25, 0.3) is 5.91 Å². The molecule has 0 spiro atoms. The summed E-state index contributed by atoms with van der Waals surface area (Å²) in [5, 5.41) is 0.518. The highest BCUT2D eigenvalue weighted by Gasteiger charge is 2.28. The van der Waals surface area contributed by atoms with E-state index in [9.17, 15) is 14.4 Å². The number of methoxy groups -OCH3 is 1.